The summed E-state index contributed by atoms with van der Waals surface area (Å²) < 4.78 is 53.7. The number of hydrogen-bond donors (Lipinski definition) is 2. The minimum Gasteiger partial charge on any atom is -0.367 e. The lowest BCUT2D eigenvalue weighted by Gasteiger charge is -2.12. The summed E-state index contributed by atoms with van der Waals surface area (Å²) >= 11 is 6.15. The summed E-state index contributed by atoms with van der Waals surface area (Å²) in [6.07, 6.45) is -5.86. The van der Waals surface area contributed by atoms with Gasteiger partial charge >= 0.3 is 6.18 Å². The van der Waals surface area contributed by atoms with E-state index in [0.717, 1.165) is 12.1 Å². The fourth-order valence-electron chi connectivity index (χ4n) is 2.91. The second kappa shape index (κ2) is 7.58. The Balaban J connectivity index is 1.73. The highest BCUT2D eigenvalue weighted by molar-refractivity contribution is 6.33. The van der Waals surface area contributed by atoms with Gasteiger partial charge in [0.05, 0.1) is 11.3 Å². The maximum absolute atomic E-state index is 13.1. The lowest BCUT2D eigenvalue weighted by molar-refractivity contribution is -0.137. The number of aliphatic hydroxyl groups is 1. The molecule has 4 rings (SSSR count). The van der Waals surface area contributed by atoms with Crippen LogP contribution in [0.5, 0.6) is 0 Å². The molecule has 0 aliphatic carbocycles. The number of aromatic nitrogens is 3. The first-order valence-corrected chi connectivity index (χ1v) is 9.03. The summed E-state index contributed by atoms with van der Waals surface area (Å²) in [5.74, 6) is -0.446. The smallest absolute Gasteiger partial charge is 0.367 e. The van der Waals surface area contributed by atoms with Gasteiger partial charge < -0.3 is 10.4 Å². The summed E-state index contributed by atoms with van der Waals surface area (Å²) in [5, 5.41) is 17.4. The maximum Gasteiger partial charge on any atom is 0.416 e. The molecule has 0 amide bonds. The highest BCUT2D eigenvalue weighted by atomic mass is 35.5. The number of nitrogens with one attached hydrogen (secondary N) is 1. The molecule has 2 aromatic heterocycles. The third-order valence-corrected chi connectivity index (χ3v) is 4.67. The molecule has 5 nitrogen and oxygen atoms in total. The van der Waals surface area contributed by atoms with Crippen LogP contribution in [-0.4, -0.2) is 19.7 Å². The largest absolute Gasteiger partial charge is 0.416 e. The van der Waals surface area contributed by atoms with Crippen LogP contribution in [-0.2, 0) is 6.18 Å². The van der Waals surface area contributed by atoms with E-state index < -0.39 is 23.8 Å². The molecule has 2 aromatic carbocycles. The summed E-state index contributed by atoms with van der Waals surface area (Å²) in [5.41, 5.74) is 0.281. The van der Waals surface area contributed by atoms with Crippen molar-refractivity contribution in [3.05, 3.63) is 82.9 Å². The topological polar surface area (TPSA) is 62.5 Å². The van der Waals surface area contributed by atoms with Crippen molar-refractivity contribution >= 4 is 22.9 Å². The Morgan fingerprint density at radius 3 is 2.47 bits per heavy atom. The van der Waals surface area contributed by atoms with E-state index in [1.165, 1.54) is 34.8 Å². The number of pyridine rings is 1. The van der Waals surface area contributed by atoms with E-state index in [-0.39, 0.29) is 22.1 Å². The van der Waals surface area contributed by atoms with Crippen LogP contribution in [0.3, 0.4) is 0 Å². The zero-order valence-corrected chi connectivity index (χ0v) is 15.8. The first-order valence-electron chi connectivity index (χ1n) is 8.65. The third-order valence-electron chi connectivity index (χ3n) is 4.34. The van der Waals surface area contributed by atoms with Gasteiger partial charge in [0, 0.05) is 16.3 Å². The molecule has 2 N–H and O–H groups in total. The summed E-state index contributed by atoms with van der Waals surface area (Å²) in [6.45, 7) is 0. The molecule has 2 heterocycles. The van der Waals surface area contributed by atoms with E-state index >= 15 is 0 Å². The quantitative estimate of drug-likeness (QED) is 0.336. The predicted molar refractivity (Wildman–Crippen MR) is 103 cm³/mol. The molecule has 0 saturated heterocycles. The minimum absolute atomic E-state index is 0.0186. The molecule has 154 valence electrons. The number of nitrogens with zero attached hydrogens (tertiary/aromatic N) is 3. The lowest BCUT2D eigenvalue weighted by atomic mass is 10.1. The summed E-state index contributed by atoms with van der Waals surface area (Å²) in [4.78, 5) is 4.21. The number of halogens is 5. The normalized spacial score (nSPS) is 12.9. The van der Waals surface area contributed by atoms with Gasteiger partial charge in [-0.05, 0) is 54.6 Å². The number of fused-ring (bicyclic) bond motifs is 1. The molecule has 0 radical (unpaired) electrons. The van der Waals surface area contributed by atoms with Gasteiger partial charge in [-0.1, -0.05) is 17.7 Å². The van der Waals surface area contributed by atoms with Crippen molar-refractivity contribution in [1.82, 2.24) is 14.6 Å². The van der Waals surface area contributed by atoms with Crippen molar-refractivity contribution < 1.29 is 22.7 Å². The van der Waals surface area contributed by atoms with Gasteiger partial charge in [-0.2, -0.15) is 13.2 Å². The van der Waals surface area contributed by atoms with Crippen molar-refractivity contribution in [1.29, 1.82) is 0 Å². The van der Waals surface area contributed by atoms with Crippen molar-refractivity contribution in [2.24, 2.45) is 0 Å². The van der Waals surface area contributed by atoms with Gasteiger partial charge in [-0.3, -0.25) is 0 Å². The second-order valence-corrected chi connectivity index (χ2v) is 6.80. The standard InChI is InChI=1S/C20H13ClF4N4O/c21-15-9-4-11(20(23,24)25)10-14(15)16-2-1-3-17-27-18(28-29(16)17)19(30)26-13-7-5-12(22)6-8-13/h1-10,19,26,30H. The Morgan fingerprint density at radius 1 is 1.03 bits per heavy atom. The van der Waals surface area contributed by atoms with Crippen LogP contribution in [0.4, 0.5) is 23.2 Å². The number of benzene rings is 2. The predicted octanol–water partition coefficient (Wildman–Crippen LogP) is 5.31. The molecule has 0 saturated carbocycles. The first kappa shape index (κ1) is 20.1. The van der Waals surface area contributed by atoms with Gasteiger partial charge in [0.2, 0.25) is 5.82 Å². The lowest BCUT2D eigenvalue weighted by Crippen LogP contribution is -2.11. The minimum atomic E-state index is -4.53. The first-order chi connectivity index (χ1) is 14.2. The Morgan fingerprint density at radius 2 is 1.77 bits per heavy atom. The Bertz CT molecular complexity index is 1210. The van der Waals surface area contributed by atoms with Gasteiger partial charge in [0.1, 0.15) is 5.82 Å². The number of hydrogen-bond acceptors (Lipinski definition) is 4. The van der Waals surface area contributed by atoms with Crippen LogP contribution < -0.4 is 5.32 Å². The van der Waals surface area contributed by atoms with Gasteiger partial charge in [0.25, 0.3) is 0 Å². The zero-order valence-electron chi connectivity index (χ0n) is 15.0. The number of rotatable bonds is 4. The van der Waals surface area contributed by atoms with Crippen molar-refractivity contribution in [2.75, 3.05) is 5.32 Å². The van der Waals surface area contributed by atoms with Crippen LogP contribution >= 0.6 is 11.6 Å². The molecule has 30 heavy (non-hydrogen) atoms. The molecule has 0 bridgehead atoms. The van der Waals surface area contributed by atoms with Crippen LogP contribution in [0.15, 0.2) is 60.7 Å². The molecular weight excluding hydrogens is 424 g/mol. The summed E-state index contributed by atoms with van der Waals surface area (Å²) in [6, 6.07) is 13.0. The molecule has 0 aliphatic heterocycles. The van der Waals surface area contributed by atoms with Crippen LogP contribution in [0.25, 0.3) is 16.9 Å². The number of aliphatic hydroxyl groups excluding tert-OH is 1. The van der Waals surface area contributed by atoms with E-state index in [4.69, 9.17) is 11.6 Å². The molecule has 10 heteroatoms. The maximum atomic E-state index is 13.1. The molecule has 1 unspecified atom stereocenters. The van der Waals surface area contributed by atoms with E-state index in [1.54, 1.807) is 18.2 Å². The van der Waals surface area contributed by atoms with Crippen molar-refractivity contribution in [2.45, 2.75) is 12.4 Å². The van der Waals surface area contributed by atoms with E-state index in [2.05, 4.69) is 15.4 Å². The second-order valence-electron chi connectivity index (χ2n) is 6.40. The molecule has 4 aromatic rings. The SMILES string of the molecule is OC(Nc1ccc(F)cc1)c1nc2cccc(-c3cc(C(F)(F)F)ccc3Cl)n2n1. The molecule has 0 fully saturated rings. The number of alkyl halides is 3. The molecule has 0 spiro atoms. The number of anilines is 1. The van der Waals surface area contributed by atoms with Crippen molar-refractivity contribution in [3.8, 4) is 11.3 Å². The summed E-state index contributed by atoms with van der Waals surface area (Å²) in [7, 11) is 0. The van der Waals surface area contributed by atoms with Crippen molar-refractivity contribution in [3.63, 3.8) is 0 Å². The van der Waals surface area contributed by atoms with Crippen LogP contribution in [0.1, 0.15) is 17.6 Å². The van der Waals surface area contributed by atoms with Crippen LogP contribution in [0, 0.1) is 5.82 Å². The van der Waals surface area contributed by atoms with E-state index in [0.29, 0.717) is 11.3 Å². The highest BCUT2D eigenvalue weighted by Gasteiger charge is 2.31. The van der Waals surface area contributed by atoms with Crippen LogP contribution in [0.2, 0.25) is 5.02 Å². The Labute approximate surface area is 172 Å². The molecule has 1 atom stereocenters. The average molecular weight is 437 g/mol. The third kappa shape index (κ3) is 3.94. The van der Waals surface area contributed by atoms with Gasteiger partial charge in [-0.25, -0.2) is 13.9 Å². The molecule has 0 aliphatic rings. The molecular formula is C20H13ClF4N4O. The Kier molecular flexibility index (Phi) is 5.08. The van der Waals surface area contributed by atoms with E-state index in [9.17, 15) is 22.7 Å². The fourth-order valence-corrected chi connectivity index (χ4v) is 3.12. The average Bonchev–Trinajstić information content (AvgIpc) is 3.14. The van der Waals surface area contributed by atoms with Gasteiger partial charge in [0.15, 0.2) is 11.9 Å². The monoisotopic (exact) mass is 436 g/mol. The highest BCUT2D eigenvalue weighted by Crippen LogP contribution is 2.36. The van der Waals surface area contributed by atoms with Gasteiger partial charge in [-0.15, -0.1) is 5.10 Å². The zero-order chi connectivity index (χ0) is 21.5. The van der Waals surface area contributed by atoms with E-state index in [1.807, 2.05) is 0 Å². The fraction of sp³-hybridized carbons (Fsp3) is 0.100. The Hall–Kier alpha value is -3.17.